The van der Waals surface area contributed by atoms with Crippen LogP contribution in [0.4, 0.5) is 0 Å². The molecule has 4 fully saturated rings. The maximum atomic E-state index is 13.3. The molecule has 7 nitrogen and oxygen atoms in total. The Morgan fingerprint density at radius 3 is 2.67 bits per heavy atom. The molecule has 144 valence electrons. The molecule has 4 bridgehead atoms. The van der Waals surface area contributed by atoms with Crippen LogP contribution in [0.1, 0.15) is 38.5 Å². The van der Waals surface area contributed by atoms with Gasteiger partial charge in [-0.05, 0) is 82.2 Å². The van der Waals surface area contributed by atoms with E-state index in [9.17, 15) is 4.79 Å². The fourth-order valence-electron chi connectivity index (χ4n) is 6.15. The van der Waals surface area contributed by atoms with Gasteiger partial charge in [-0.3, -0.25) is 9.48 Å². The van der Waals surface area contributed by atoms with E-state index in [1.807, 2.05) is 21.9 Å². The molecule has 2 atom stereocenters. The number of aromatic nitrogens is 5. The third-order valence-corrected chi connectivity index (χ3v) is 7.46. The Labute approximate surface area is 174 Å². The van der Waals surface area contributed by atoms with Gasteiger partial charge >= 0.3 is 0 Å². The lowest BCUT2D eigenvalue weighted by Gasteiger charge is -2.60. The highest BCUT2D eigenvalue weighted by Gasteiger charge is 2.61. The number of carbonyl (C=O) groups is 1. The van der Waals surface area contributed by atoms with Crippen molar-refractivity contribution in [3.05, 3.63) is 27.9 Å². The molecule has 0 radical (unpaired) electrons. The first-order chi connectivity index (χ1) is 13.0. The van der Waals surface area contributed by atoms with E-state index in [-0.39, 0.29) is 16.9 Å². The van der Waals surface area contributed by atoms with E-state index in [4.69, 9.17) is 0 Å². The van der Waals surface area contributed by atoms with E-state index in [2.05, 4.69) is 52.4 Å². The van der Waals surface area contributed by atoms with E-state index in [1.165, 1.54) is 6.42 Å². The second-order valence-corrected chi connectivity index (χ2v) is 10.2. The number of carbonyl (C=O) groups excluding carboxylic acids is 1. The molecule has 1 N–H and O–H groups in total. The number of rotatable bonds is 5. The smallest absolute Gasteiger partial charge is 0.226 e. The molecule has 0 aliphatic heterocycles. The van der Waals surface area contributed by atoms with Crippen molar-refractivity contribution in [3.63, 3.8) is 0 Å². The summed E-state index contributed by atoms with van der Waals surface area (Å²) >= 11 is 6.78. The standard InChI is InChI=1S/C18H22Br2N6O/c19-14-8-23-25(9-14)2-1-21-15(27)17-4-12-3-13(5-17)7-18(6-12,10-17)26-11-22-16(20)24-26/h8-9,11-13H,1-7,10H2,(H,21,27). The second kappa shape index (κ2) is 6.40. The van der Waals surface area contributed by atoms with Gasteiger partial charge in [-0.15, -0.1) is 5.10 Å². The Balaban J connectivity index is 1.33. The van der Waals surface area contributed by atoms with E-state index in [1.54, 1.807) is 6.20 Å². The first kappa shape index (κ1) is 17.8. The lowest BCUT2D eigenvalue weighted by Crippen LogP contribution is -2.61. The summed E-state index contributed by atoms with van der Waals surface area (Å²) in [5, 5.41) is 12.0. The largest absolute Gasteiger partial charge is 0.354 e. The fourth-order valence-corrected chi connectivity index (χ4v) is 6.74. The van der Waals surface area contributed by atoms with Gasteiger partial charge in [0.1, 0.15) is 6.33 Å². The van der Waals surface area contributed by atoms with Gasteiger partial charge in [-0.2, -0.15) is 5.10 Å². The van der Waals surface area contributed by atoms with Crippen LogP contribution in [0.3, 0.4) is 0 Å². The van der Waals surface area contributed by atoms with Gasteiger partial charge in [0.15, 0.2) is 0 Å². The van der Waals surface area contributed by atoms with E-state index >= 15 is 0 Å². The summed E-state index contributed by atoms with van der Waals surface area (Å²) in [6.07, 6.45) is 11.9. The molecular formula is C18H22Br2N6O. The lowest BCUT2D eigenvalue weighted by molar-refractivity contribution is -0.156. The minimum Gasteiger partial charge on any atom is -0.354 e. The highest BCUT2D eigenvalue weighted by molar-refractivity contribution is 9.10. The van der Waals surface area contributed by atoms with Crippen LogP contribution in [-0.4, -0.2) is 37.0 Å². The topological polar surface area (TPSA) is 77.6 Å². The number of hydrogen-bond acceptors (Lipinski definition) is 4. The lowest BCUT2D eigenvalue weighted by atomic mass is 9.46. The van der Waals surface area contributed by atoms with E-state index in [0.29, 0.717) is 29.7 Å². The Morgan fingerprint density at radius 2 is 2.04 bits per heavy atom. The SMILES string of the molecule is O=C(NCCn1cc(Br)cn1)C12CC3CC(C1)CC(n1cnc(Br)n1)(C3)C2. The highest BCUT2D eigenvalue weighted by Crippen LogP contribution is 2.64. The summed E-state index contributed by atoms with van der Waals surface area (Å²) < 4.78 is 5.47. The molecule has 4 aliphatic rings. The summed E-state index contributed by atoms with van der Waals surface area (Å²) in [5.41, 5.74) is -0.305. The van der Waals surface area contributed by atoms with Crippen LogP contribution in [0.2, 0.25) is 0 Å². The number of amides is 1. The molecule has 2 heterocycles. The molecule has 4 aliphatic carbocycles. The van der Waals surface area contributed by atoms with E-state index < -0.39 is 0 Å². The van der Waals surface area contributed by atoms with Crippen molar-refractivity contribution >= 4 is 37.8 Å². The van der Waals surface area contributed by atoms with Crippen LogP contribution >= 0.6 is 31.9 Å². The van der Waals surface area contributed by atoms with Crippen LogP contribution in [0.15, 0.2) is 27.9 Å². The number of nitrogens with one attached hydrogen (secondary N) is 1. The minimum atomic E-state index is -0.257. The normalized spacial score (nSPS) is 34.1. The van der Waals surface area contributed by atoms with Gasteiger partial charge in [0.05, 0.1) is 28.2 Å². The average molecular weight is 498 g/mol. The molecule has 2 aromatic heterocycles. The Morgan fingerprint density at radius 1 is 1.26 bits per heavy atom. The van der Waals surface area contributed by atoms with Crippen LogP contribution < -0.4 is 5.32 Å². The van der Waals surface area contributed by atoms with Crippen molar-refractivity contribution in [2.45, 2.75) is 50.6 Å². The number of nitrogens with zero attached hydrogens (tertiary/aromatic N) is 5. The Hall–Kier alpha value is -1.22. The van der Waals surface area contributed by atoms with Crippen LogP contribution in [0.5, 0.6) is 0 Å². The van der Waals surface area contributed by atoms with Crippen molar-refractivity contribution in [2.75, 3.05) is 6.54 Å². The quantitative estimate of drug-likeness (QED) is 0.688. The molecule has 9 heteroatoms. The zero-order valence-electron chi connectivity index (χ0n) is 14.9. The molecule has 27 heavy (non-hydrogen) atoms. The summed E-state index contributed by atoms with van der Waals surface area (Å²) in [7, 11) is 0. The van der Waals surface area contributed by atoms with Gasteiger partial charge in [0.2, 0.25) is 10.6 Å². The monoisotopic (exact) mass is 496 g/mol. The fraction of sp³-hybridized carbons (Fsp3) is 0.667. The summed E-state index contributed by atoms with van der Waals surface area (Å²) in [6, 6.07) is 0. The third-order valence-electron chi connectivity index (χ3n) is 6.69. The van der Waals surface area contributed by atoms with Crippen molar-refractivity contribution in [1.82, 2.24) is 29.9 Å². The van der Waals surface area contributed by atoms with Crippen molar-refractivity contribution in [1.29, 1.82) is 0 Å². The third kappa shape index (κ3) is 3.06. The minimum absolute atomic E-state index is 0.0483. The van der Waals surface area contributed by atoms with Gasteiger partial charge in [-0.1, -0.05) is 0 Å². The number of hydrogen-bond donors (Lipinski definition) is 1. The molecule has 1 amide bonds. The van der Waals surface area contributed by atoms with Gasteiger partial charge in [0.25, 0.3) is 0 Å². The van der Waals surface area contributed by atoms with Crippen molar-refractivity contribution in [3.8, 4) is 0 Å². The number of halogens is 2. The summed E-state index contributed by atoms with van der Waals surface area (Å²) in [6.45, 7) is 1.29. The molecule has 0 aromatic carbocycles. The molecule has 0 saturated heterocycles. The maximum Gasteiger partial charge on any atom is 0.226 e. The molecule has 4 saturated carbocycles. The first-order valence-electron chi connectivity index (χ1n) is 9.50. The zero-order valence-corrected chi connectivity index (χ0v) is 18.1. The zero-order chi connectivity index (χ0) is 18.6. The van der Waals surface area contributed by atoms with Crippen molar-refractivity contribution < 1.29 is 4.79 Å². The maximum absolute atomic E-state index is 13.3. The first-order valence-corrected chi connectivity index (χ1v) is 11.1. The molecular weight excluding hydrogens is 476 g/mol. The highest BCUT2D eigenvalue weighted by atomic mass is 79.9. The molecule has 0 spiro atoms. The Bertz CT molecular complexity index is 863. The predicted octanol–water partition coefficient (Wildman–Crippen LogP) is 3.11. The summed E-state index contributed by atoms with van der Waals surface area (Å²) in [4.78, 5) is 17.5. The molecule has 2 aromatic rings. The molecule has 6 rings (SSSR count). The average Bonchev–Trinajstić information content (AvgIpc) is 3.22. The van der Waals surface area contributed by atoms with Crippen LogP contribution in [0.25, 0.3) is 0 Å². The Kier molecular flexibility index (Phi) is 4.23. The van der Waals surface area contributed by atoms with E-state index in [0.717, 1.165) is 36.6 Å². The van der Waals surface area contributed by atoms with Gasteiger partial charge in [-0.25, -0.2) is 9.67 Å². The van der Waals surface area contributed by atoms with Crippen LogP contribution in [-0.2, 0) is 16.9 Å². The predicted molar refractivity (Wildman–Crippen MR) is 106 cm³/mol. The van der Waals surface area contributed by atoms with Crippen molar-refractivity contribution in [2.24, 2.45) is 17.3 Å². The molecule has 2 unspecified atom stereocenters. The second-order valence-electron chi connectivity index (χ2n) is 8.60. The van der Waals surface area contributed by atoms with Crippen LogP contribution in [0, 0.1) is 17.3 Å². The van der Waals surface area contributed by atoms with Gasteiger partial charge < -0.3 is 5.32 Å². The summed E-state index contributed by atoms with van der Waals surface area (Å²) in [5.74, 6) is 1.44. The van der Waals surface area contributed by atoms with Gasteiger partial charge in [0, 0.05) is 12.7 Å².